The molecule has 156 valence electrons. The fourth-order valence-corrected chi connectivity index (χ4v) is 3.77. The summed E-state index contributed by atoms with van der Waals surface area (Å²) in [4.78, 5) is 36.8. The van der Waals surface area contributed by atoms with E-state index in [0.29, 0.717) is 56.5 Å². The van der Waals surface area contributed by atoms with Gasteiger partial charge in [0.2, 0.25) is 11.9 Å². The maximum Gasteiger partial charge on any atom is 0.255 e. The van der Waals surface area contributed by atoms with Crippen molar-refractivity contribution in [3.63, 3.8) is 0 Å². The first-order chi connectivity index (χ1) is 13.9. The number of ether oxygens (including phenoxy) is 1. The first-order valence-electron chi connectivity index (χ1n) is 10.2. The minimum absolute atomic E-state index is 0.00973. The van der Waals surface area contributed by atoms with Crippen molar-refractivity contribution >= 4 is 17.5 Å². The number of aromatic nitrogens is 2. The van der Waals surface area contributed by atoms with Gasteiger partial charge in [0.05, 0.1) is 13.2 Å². The Hall–Kier alpha value is -2.67. The maximum absolute atomic E-state index is 12.9. The zero-order chi connectivity index (χ0) is 21.0. The first-order valence-corrected chi connectivity index (χ1v) is 10.2. The van der Waals surface area contributed by atoms with Gasteiger partial charge in [-0.25, -0.2) is 4.98 Å². The number of anilines is 2. The molecule has 0 unspecified atom stereocenters. The van der Waals surface area contributed by atoms with Gasteiger partial charge in [0.1, 0.15) is 0 Å². The standard InChI is InChI=1S/C22H30N4O3/c1-5-26(19-8-6-15(2)14-16(19)3)20(27)9-7-18-17(4)23-22(24-21(18)28)25-10-12-29-13-11-25/h6,8,14H,5,7,9-13H2,1-4H3,(H,23,24,28). The molecule has 0 atom stereocenters. The summed E-state index contributed by atoms with van der Waals surface area (Å²) in [5.41, 5.74) is 4.26. The average Bonchev–Trinajstić information content (AvgIpc) is 2.70. The monoisotopic (exact) mass is 398 g/mol. The van der Waals surface area contributed by atoms with Gasteiger partial charge in [-0.2, -0.15) is 0 Å². The number of H-pyrrole nitrogens is 1. The van der Waals surface area contributed by atoms with Gasteiger partial charge in [0, 0.05) is 43.0 Å². The lowest BCUT2D eigenvalue weighted by molar-refractivity contribution is -0.118. The normalized spacial score (nSPS) is 14.1. The number of carbonyl (C=O) groups is 1. The van der Waals surface area contributed by atoms with E-state index in [9.17, 15) is 9.59 Å². The van der Waals surface area contributed by atoms with E-state index < -0.39 is 0 Å². The lowest BCUT2D eigenvalue weighted by Crippen LogP contribution is -2.39. The Morgan fingerprint density at radius 3 is 2.59 bits per heavy atom. The molecule has 3 rings (SSSR count). The molecule has 0 saturated carbocycles. The second-order valence-corrected chi connectivity index (χ2v) is 7.48. The molecule has 0 spiro atoms. The molecule has 1 aromatic carbocycles. The van der Waals surface area contributed by atoms with Crippen LogP contribution in [0.1, 0.15) is 35.7 Å². The van der Waals surface area contributed by atoms with E-state index in [1.807, 2.05) is 44.7 Å². The number of nitrogens with zero attached hydrogens (tertiary/aromatic N) is 3. The zero-order valence-electron chi connectivity index (χ0n) is 17.7. The van der Waals surface area contributed by atoms with Crippen LogP contribution in [0.4, 0.5) is 11.6 Å². The minimum Gasteiger partial charge on any atom is -0.378 e. The van der Waals surface area contributed by atoms with Crippen molar-refractivity contribution in [1.82, 2.24) is 9.97 Å². The van der Waals surface area contributed by atoms with Crippen molar-refractivity contribution in [1.29, 1.82) is 0 Å². The highest BCUT2D eigenvalue weighted by Gasteiger charge is 2.19. The number of benzene rings is 1. The van der Waals surface area contributed by atoms with Crippen LogP contribution in [0.5, 0.6) is 0 Å². The quantitative estimate of drug-likeness (QED) is 0.809. The number of morpholine rings is 1. The van der Waals surface area contributed by atoms with Crippen LogP contribution in [0.15, 0.2) is 23.0 Å². The van der Waals surface area contributed by atoms with Crippen LogP contribution in [0.3, 0.4) is 0 Å². The molecule has 29 heavy (non-hydrogen) atoms. The molecule has 7 nitrogen and oxygen atoms in total. The van der Waals surface area contributed by atoms with Gasteiger partial charge in [-0.15, -0.1) is 0 Å². The Balaban J connectivity index is 1.72. The van der Waals surface area contributed by atoms with E-state index in [4.69, 9.17) is 4.74 Å². The van der Waals surface area contributed by atoms with Crippen LogP contribution >= 0.6 is 0 Å². The van der Waals surface area contributed by atoms with E-state index in [1.54, 1.807) is 4.90 Å². The van der Waals surface area contributed by atoms with Crippen molar-refractivity contribution in [3.05, 3.63) is 50.9 Å². The summed E-state index contributed by atoms with van der Waals surface area (Å²) in [6.07, 6.45) is 0.640. The molecular weight excluding hydrogens is 368 g/mol. The maximum atomic E-state index is 12.9. The molecule has 0 aliphatic carbocycles. The highest BCUT2D eigenvalue weighted by molar-refractivity contribution is 5.94. The highest BCUT2D eigenvalue weighted by Crippen LogP contribution is 2.22. The predicted molar refractivity (Wildman–Crippen MR) is 115 cm³/mol. The topological polar surface area (TPSA) is 78.5 Å². The molecule has 1 fully saturated rings. The molecule has 0 radical (unpaired) electrons. The van der Waals surface area contributed by atoms with E-state index in [0.717, 1.165) is 11.3 Å². The second-order valence-electron chi connectivity index (χ2n) is 7.48. The predicted octanol–water partition coefficient (Wildman–Crippen LogP) is 2.52. The minimum atomic E-state index is -0.165. The van der Waals surface area contributed by atoms with E-state index in [-0.39, 0.29) is 17.9 Å². The second kappa shape index (κ2) is 9.22. The Bertz CT molecular complexity index is 932. The fraction of sp³-hybridized carbons (Fsp3) is 0.500. The lowest BCUT2D eigenvalue weighted by Gasteiger charge is -2.27. The van der Waals surface area contributed by atoms with E-state index in [1.165, 1.54) is 5.56 Å². The Morgan fingerprint density at radius 2 is 1.97 bits per heavy atom. The molecule has 1 saturated heterocycles. The lowest BCUT2D eigenvalue weighted by atomic mass is 10.1. The number of aryl methyl sites for hydroxylation is 3. The number of carbonyl (C=O) groups excluding carboxylic acids is 1. The Morgan fingerprint density at radius 1 is 1.24 bits per heavy atom. The summed E-state index contributed by atoms with van der Waals surface area (Å²) in [7, 11) is 0. The van der Waals surface area contributed by atoms with Crippen LogP contribution in [0, 0.1) is 20.8 Å². The number of aromatic amines is 1. The molecule has 1 aromatic heterocycles. The number of hydrogen-bond acceptors (Lipinski definition) is 5. The van der Waals surface area contributed by atoms with Gasteiger partial charge >= 0.3 is 0 Å². The van der Waals surface area contributed by atoms with Crippen LogP contribution < -0.4 is 15.4 Å². The fourth-order valence-electron chi connectivity index (χ4n) is 3.77. The first kappa shape index (κ1) is 21.0. The molecule has 7 heteroatoms. The van der Waals surface area contributed by atoms with Gasteiger partial charge in [-0.1, -0.05) is 17.7 Å². The van der Waals surface area contributed by atoms with Gasteiger partial charge < -0.3 is 14.5 Å². The number of amides is 1. The number of rotatable bonds is 6. The third-order valence-electron chi connectivity index (χ3n) is 5.37. The Kier molecular flexibility index (Phi) is 6.69. The third-order valence-corrected chi connectivity index (χ3v) is 5.37. The average molecular weight is 399 g/mol. The summed E-state index contributed by atoms with van der Waals surface area (Å²) in [6.45, 7) is 11.1. The van der Waals surface area contributed by atoms with E-state index >= 15 is 0 Å². The molecule has 1 aliphatic rings. The van der Waals surface area contributed by atoms with E-state index in [2.05, 4.69) is 16.0 Å². The van der Waals surface area contributed by atoms with Crippen molar-refractivity contribution in [2.24, 2.45) is 0 Å². The molecule has 1 amide bonds. The number of hydrogen-bond donors (Lipinski definition) is 1. The van der Waals surface area contributed by atoms with Crippen molar-refractivity contribution in [2.75, 3.05) is 42.6 Å². The van der Waals surface area contributed by atoms with Crippen LogP contribution in [0.2, 0.25) is 0 Å². The molecule has 1 N–H and O–H groups in total. The summed E-state index contributed by atoms with van der Waals surface area (Å²) < 4.78 is 5.35. The summed E-state index contributed by atoms with van der Waals surface area (Å²) in [6, 6.07) is 6.08. The molecule has 1 aliphatic heterocycles. The molecule has 2 heterocycles. The summed E-state index contributed by atoms with van der Waals surface area (Å²) >= 11 is 0. The molecular formula is C22H30N4O3. The van der Waals surface area contributed by atoms with Gasteiger partial charge in [0.15, 0.2) is 0 Å². The highest BCUT2D eigenvalue weighted by atomic mass is 16.5. The van der Waals surface area contributed by atoms with Crippen molar-refractivity contribution in [3.8, 4) is 0 Å². The Labute approximate surface area is 171 Å². The summed E-state index contributed by atoms with van der Waals surface area (Å²) in [5, 5.41) is 0. The SMILES string of the molecule is CCN(C(=O)CCc1c(C)nc(N2CCOCC2)[nH]c1=O)c1ccc(C)cc1C. The van der Waals surface area contributed by atoms with Crippen molar-refractivity contribution < 1.29 is 9.53 Å². The third kappa shape index (κ3) is 4.85. The zero-order valence-corrected chi connectivity index (χ0v) is 17.7. The van der Waals surface area contributed by atoms with Crippen LogP contribution in [-0.2, 0) is 16.0 Å². The molecule has 2 aromatic rings. The number of nitrogens with one attached hydrogen (secondary N) is 1. The van der Waals surface area contributed by atoms with Crippen LogP contribution in [0.25, 0.3) is 0 Å². The largest absolute Gasteiger partial charge is 0.378 e. The van der Waals surface area contributed by atoms with Gasteiger partial charge in [0.25, 0.3) is 5.56 Å². The summed E-state index contributed by atoms with van der Waals surface area (Å²) in [5.74, 6) is 0.590. The smallest absolute Gasteiger partial charge is 0.255 e. The van der Waals surface area contributed by atoms with Gasteiger partial charge in [-0.05, 0) is 45.7 Å². The van der Waals surface area contributed by atoms with Gasteiger partial charge in [-0.3, -0.25) is 14.6 Å². The van der Waals surface area contributed by atoms with Crippen LogP contribution in [-0.4, -0.2) is 48.7 Å². The van der Waals surface area contributed by atoms with Crippen molar-refractivity contribution in [2.45, 2.75) is 40.5 Å². The molecule has 0 bridgehead atoms.